The van der Waals surface area contributed by atoms with Gasteiger partial charge in [0.25, 0.3) is 5.91 Å². The standard InChI is InChI=1S/C24H24N4O5S/c29-22(28(17-6-2-1-3-7-17)18-10-11-34(32,33)15-18)14-27-23(30)21(26-24(27)31)12-16-13-25-20-9-5-4-8-19(16)20/h1-9,13,18,21,25H,10-12,14-15H2,(H,26,31). The maximum absolute atomic E-state index is 13.3. The molecule has 2 saturated heterocycles. The van der Waals surface area contributed by atoms with Gasteiger partial charge in [-0.2, -0.15) is 0 Å². The van der Waals surface area contributed by atoms with E-state index in [0.717, 1.165) is 21.4 Å². The highest BCUT2D eigenvalue weighted by Gasteiger charge is 2.42. The average Bonchev–Trinajstić information content (AvgIpc) is 3.47. The van der Waals surface area contributed by atoms with Gasteiger partial charge in [0.2, 0.25) is 5.91 Å². The molecule has 0 saturated carbocycles. The van der Waals surface area contributed by atoms with Crippen LogP contribution >= 0.6 is 0 Å². The van der Waals surface area contributed by atoms with E-state index in [1.54, 1.807) is 30.3 Å². The second-order valence-corrected chi connectivity index (χ2v) is 10.9. The lowest BCUT2D eigenvalue weighted by Crippen LogP contribution is -2.48. The second-order valence-electron chi connectivity index (χ2n) is 8.65. The molecule has 1 aromatic heterocycles. The zero-order valence-electron chi connectivity index (χ0n) is 18.3. The molecule has 0 spiro atoms. The number of sulfone groups is 1. The predicted octanol–water partition coefficient (Wildman–Crippen LogP) is 1.85. The van der Waals surface area contributed by atoms with E-state index >= 15 is 0 Å². The molecular formula is C24H24N4O5S. The van der Waals surface area contributed by atoms with Crippen LogP contribution in [-0.2, 0) is 25.8 Å². The van der Waals surface area contributed by atoms with Crippen molar-refractivity contribution in [1.82, 2.24) is 15.2 Å². The molecular weight excluding hydrogens is 456 g/mol. The van der Waals surface area contributed by atoms with Crippen LogP contribution in [0.3, 0.4) is 0 Å². The SMILES string of the molecule is O=C1NC(Cc2c[nH]c3ccccc23)C(=O)N1CC(=O)N(c1ccccc1)C1CCS(=O)(=O)C1. The van der Waals surface area contributed by atoms with Crippen molar-refractivity contribution in [1.29, 1.82) is 0 Å². The highest BCUT2D eigenvalue weighted by Crippen LogP contribution is 2.26. The first kappa shape index (κ1) is 22.1. The number of nitrogens with one attached hydrogen (secondary N) is 2. The summed E-state index contributed by atoms with van der Waals surface area (Å²) >= 11 is 0. The van der Waals surface area contributed by atoms with Crippen molar-refractivity contribution >= 4 is 44.3 Å². The molecule has 2 unspecified atom stereocenters. The largest absolute Gasteiger partial charge is 0.361 e. The highest BCUT2D eigenvalue weighted by atomic mass is 32.2. The summed E-state index contributed by atoms with van der Waals surface area (Å²) in [7, 11) is -3.24. The Balaban J connectivity index is 1.34. The molecule has 2 aliphatic heterocycles. The van der Waals surface area contributed by atoms with Gasteiger partial charge in [0.05, 0.1) is 17.5 Å². The normalized spacial score (nSPS) is 21.7. The number of H-pyrrole nitrogens is 1. The quantitative estimate of drug-likeness (QED) is 0.522. The van der Waals surface area contributed by atoms with E-state index in [-0.39, 0.29) is 11.5 Å². The number of fused-ring (bicyclic) bond motifs is 1. The smallest absolute Gasteiger partial charge is 0.325 e. The second kappa shape index (κ2) is 8.60. The van der Waals surface area contributed by atoms with Crippen molar-refractivity contribution in [2.24, 2.45) is 0 Å². The van der Waals surface area contributed by atoms with Crippen molar-refractivity contribution in [3.63, 3.8) is 0 Å². The molecule has 34 heavy (non-hydrogen) atoms. The number of carbonyl (C=O) groups excluding carboxylic acids is 3. The number of anilines is 1. The molecule has 2 fully saturated rings. The minimum atomic E-state index is -3.24. The third-order valence-electron chi connectivity index (χ3n) is 6.38. The molecule has 176 valence electrons. The topological polar surface area (TPSA) is 120 Å². The Morgan fingerprint density at radius 3 is 2.53 bits per heavy atom. The van der Waals surface area contributed by atoms with Crippen LogP contribution in [0.25, 0.3) is 10.9 Å². The van der Waals surface area contributed by atoms with Gasteiger partial charge in [-0.05, 0) is 30.2 Å². The van der Waals surface area contributed by atoms with Gasteiger partial charge in [-0.1, -0.05) is 36.4 Å². The van der Waals surface area contributed by atoms with E-state index in [9.17, 15) is 22.8 Å². The number of imide groups is 1. The molecule has 2 aliphatic rings. The lowest BCUT2D eigenvalue weighted by molar-refractivity contribution is -0.131. The van der Waals surface area contributed by atoms with Gasteiger partial charge in [0.1, 0.15) is 12.6 Å². The van der Waals surface area contributed by atoms with Gasteiger partial charge in [0, 0.05) is 29.2 Å². The van der Waals surface area contributed by atoms with Crippen LogP contribution in [0.5, 0.6) is 0 Å². The van der Waals surface area contributed by atoms with Crippen LogP contribution in [0.2, 0.25) is 0 Å². The minimum absolute atomic E-state index is 0.00407. The van der Waals surface area contributed by atoms with Crippen molar-refractivity contribution in [3.8, 4) is 0 Å². The zero-order valence-corrected chi connectivity index (χ0v) is 19.1. The fourth-order valence-corrected chi connectivity index (χ4v) is 6.42. The number of aromatic amines is 1. The number of nitrogens with zero attached hydrogens (tertiary/aromatic N) is 2. The first-order valence-corrected chi connectivity index (χ1v) is 12.9. The van der Waals surface area contributed by atoms with Crippen molar-refractivity contribution in [2.45, 2.75) is 24.9 Å². The van der Waals surface area contributed by atoms with Crippen LogP contribution in [0.15, 0.2) is 60.8 Å². The molecule has 3 aromatic rings. The number of urea groups is 1. The van der Waals surface area contributed by atoms with E-state index in [4.69, 9.17) is 0 Å². The molecule has 9 nitrogen and oxygen atoms in total. The third-order valence-corrected chi connectivity index (χ3v) is 8.13. The van der Waals surface area contributed by atoms with Gasteiger partial charge < -0.3 is 15.2 Å². The van der Waals surface area contributed by atoms with Gasteiger partial charge >= 0.3 is 6.03 Å². The Morgan fingerprint density at radius 2 is 1.79 bits per heavy atom. The van der Waals surface area contributed by atoms with Crippen LogP contribution in [-0.4, -0.2) is 66.3 Å². The predicted molar refractivity (Wildman–Crippen MR) is 127 cm³/mol. The molecule has 2 aromatic carbocycles. The number of carbonyl (C=O) groups is 3. The van der Waals surface area contributed by atoms with Gasteiger partial charge in [-0.15, -0.1) is 0 Å². The van der Waals surface area contributed by atoms with E-state index in [1.165, 1.54) is 4.90 Å². The van der Waals surface area contributed by atoms with E-state index in [2.05, 4.69) is 10.3 Å². The summed E-state index contributed by atoms with van der Waals surface area (Å²) in [5, 5.41) is 3.65. The van der Waals surface area contributed by atoms with E-state index < -0.39 is 46.3 Å². The Morgan fingerprint density at radius 1 is 1.06 bits per heavy atom. The lowest BCUT2D eigenvalue weighted by Gasteiger charge is -2.29. The summed E-state index contributed by atoms with van der Waals surface area (Å²) in [4.78, 5) is 44.5. The molecule has 4 amide bonds. The monoisotopic (exact) mass is 480 g/mol. The summed E-state index contributed by atoms with van der Waals surface area (Å²) in [6, 6.07) is 14.5. The number of para-hydroxylation sites is 2. The fraction of sp³-hybridized carbons (Fsp3) is 0.292. The minimum Gasteiger partial charge on any atom is -0.361 e. The Hall–Kier alpha value is -3.66. The summed E-state index contributed by atoms with van der Waals surface area (Å²) in [6.45, 7) is -0.458. The summed E-state index contributed by atoms with van der Waals surface area (Å²) in [5.74, 6) is -1.11. The molecule has 10 heteroatoms. The van der Waals surface area contributed by atoms with Crippen molar-refractivity contribution in [3.05, 3.63) is 66.4 Å². The maximum Gasteiger partial charge on any atom is 0.325 e. The van der Waals surface area contributed by atoms with Crippen molar-refractivity contribution < 1.29 is 22.8 Å². The van der Waals surface area contributed by atoms with Crippen LogP contribution in [0.4, 0.5) is 10.5 Å². The molecule has 0 radical (unpaired) electrons. The molecule has 0 bridgehead atoms. The summed E-state index contributed by atoms with van der Waals surface area (Å²) in [6.07, 6.45) is 2.42. The number of amides is 4. The number of aromatic nitrogens is 1. The fourth-order valence-electron chi connectivity index (χ4n) is 4.72. The van der Waals surface area contributed by atoms with E-state index in [1.807, 2.05) is 30.5 Å². The summed E-state index contributed by atoms with van der Waals surface area (Å²) in [5.41, 5.74) is 2.37. The molecule has 0 aliphatic carbocycles. The first-order chi connectivity index (χ1) is 16.3. The van der Waals surface area contributed by atoms with Crippen molar-refractivity contribution in [2.75, 3.05) is 23.0 Å². The summed E-state index contributed by atoms with van der Waals surface area (Å²) < 4.78 is 24.1. The lowest BCUT2D eigenvalue weighted by atomic mass is 10.1. The Kier molecular flexibility index (Phi) is 5.60. The molecule has 5 rings (SSSR count). The van der Waals surface area contributed by atoms with E-state index in [0.29, 0.717) is 18.5 Å². The van der Waals surface area contributed by atoms with Gasteiger partial charge in [0.15, 0.2) is 9.84 Å². The molecule has 3 heterocycles. The van der Waals surface area contributed by atoms with Crippen LogP contribution in [0, 0.1) is 0 Å². The molecule has 2 atom stereocenters. The van der Waals surface area contributed by atoms with Gasteiger partial charge in [-0.25, -0.2) is 13.2 Å². The van der Waals surface area contributed by atoms with Crippen LogP contribution < -0.4 is 10.2 Å². The Bertz CT molecular complexity index is 1370. The maximum atomic E-state index is 13.3. The number of hydrogen-bond acceptors (Lipinski definition) is 5. The first-order valence-electron chi connectivity index (χ1n) is 11.1. The highest BCUT2D eigenvalue weighted by molar-refractivity contribution is 7.91. The Labute approximate surface area is 196 Å². The number of rotatable bonds is 6. The van der Waals surface area contributed by atoms with Gasteiger partial charge in [-0.3, -0.25) is 14.5 Å². The van der Waals surface area contributed by atoms with Crippen LogP contribution in [0.1, 0.15) is 12.0 Å². The number of hydrogen-bond donors (Lipinski definition) is 2. The molecule has 2 N–H and O–H groups in total. The average molecular weight is 481 g/mol. The zero-order chi connectivity index (χ0) is 23.9. The third kappa shape index (κ3) is 4.16. The number of benzene rings is 2.